The first-order chi connectivity index (χ1) is 9.58. The van der Waals surface area contributed by atoms with Crippen molar-refractivity contribution in [3.05, 3.63) is 29.3 Å². The molecule has 5 nitrogen and oxygen atoms in total. The summed E-state index contributed by atoms with van der Waals surface area (Å²) >= 11 is 0. The Morgan fingerprint density at radius 1 is 1.45 bits per heavy atom. The van der Waals surface area contributed by atoms with Crippen LogP contribution in [-0.4, -0.2) is 30.1 Å². The lowest BCUT2D eigenvalue weighted by molar-refractivity contribution is -0.122. The lowest BCUT2D eigenvalue weighted by Crippen LogP contribution is -2.38. The average molecular weight is 276 g/mol. The van der Waals surface area contributed by atoms with Crippen molar-refractivity contribution in [2.24, 2.45) is 11.7 Å². The zero-order valence-corrected chi connectivity index (χ0v) is 11.6. The monoisotopic (exact) mass is 276 g/mol. The molecule has 0 radical (unpaired) electrons. The fourth-order valence-corrected chi connectivity index (χ4v) is 2.67. The molecule has 0 saturated carbocycles. The molecule has 5 heteroatoms. The number of aromatic carboxylic acids is 1. The van der Waals surface area contributed by atoms with Crippen LogP contribution < -0.4 is 10.6 Å². The Kier molecular flexibility index (Phi) is 4.39. The van der Waals surface area contributed by atoms with Gasteiger partial charge in [-0.05, 0) is 36.6 Å². The number of carboxylic acid groups (broad SMARTS) is 1. The molecule has 1 atom stereocenters. The van der Waals surface area contributed by atoms with E-state index in [2.05, 4.69) is 0 Å². The molecule has 1 aromatic rings. The number of nitrogens with two attached hydrogens (primary N) is 1. The Labute approximate surface area is 118 Å². The van der Waals surface area contributed by atoms with E-state index < -0.39 is 5.97 Å². The molecule has 1 aliphatic rings. The third-order valence-corrected chi connectivity index (χ3v) is 3.76. The molecule has 0 aromatic heterocycles. The molecule has 0 fully saturated rings. The molecule has 108 valence electrons. The van der Waals surface area contributed by atoms with Crippen molar-refractivity contribution in [1.82, 2.24) is 0 Å². The minimum Gasteiger partial charge on any atom is -0.478 e. The van der Waals surface area contributed by atoms with Crippen molar-refractivity contribution >= 4 is 17.6 Å². The van der Waals surface area contributed by atoms with Crippen molar-refractivity contribution in [2.45, 2.75) is 26.2 Å². The van der Waals surface area contributed by atoms with E-state index in [9.17, 15) is 9.59 Å². The van der Waals surface area contributed by atoms with Crippen LogP contribution in [0.5, 0.6) is 0 Å². The predicted octanol–water partition coefficient (Wildman–Crippen LogP) is 1.65. The normalized spacial score (nSPS) is 15.0. The van der Waals surface area contributed by atoms with Crippen LogP contribution in [0.2, 0.25) is 0 Å². The SMILES string of the molecule is CCCC(CN)C(=O)N1CCc2cc(C(=O)O)ccc21. The number of amides is 1. The number of rotatable bonds is 5. The largest absolute Gasteiger partial charge is 0.478 e. The van der Waals surface area contributed by atoms with Crippen molar-refractivity contribution < 1.29 is 14.7 Å². The van der Waals surface area contributed by atoms with E-state index in [1.807, 2.05) is 6.92 Å². The van der Waals surface area contributed by atoms with Gasteiger partial charge in [0.25, 0.3) is 0 Å². The first-order valence-corrected chi connectivity index (χ1v) is 6.96. The number of nitrogens with zero attached hydrogens (tertiary/aromatic N) is 1. The molecule has 1 aliphatic heterocycles. The minimum atomic E-state index is -0.941. The summed E-state index contributed by atoms with van der Waals surface area (Å²) in [6, 6.07) is 4.93. The molecule has 2 rings (SSSR count). The van der Waals surface area contributed by atoms with Gasteiger partial charge in [-0.25, -0.2) is 4.79 Å². The van der Waals surface area contributed by atoms with Crippen LogP contribution in [0.1, 0.15) is 35.7 Å². The highest BCUT2D eigenvalue weighted by Crippen LogP contribution is 2.30. The van der Waals surface area contributed by atoms with Gasteiger partial charge in [-0.15, -0.1) is 0 Å². The number of carbonyl (C=O) groups is 2. The van der Waals surface area contributed by atoms with Crippen LogP contribution in [-0.2, 0) is 11.2 Å². The molecule has 20 heavy (non-hydrogen) atoms. The first kappa shape index (κ1) is 14.5. The molecule has 0 aliphatic carbocycles. The Hall–Kier alpha value is -1.88. The van der Waals surface area contributed by atoms with Crippen LogP contribution in [0.25, 0.3) is 0 Å². The van der Waals surface area contributed by atoms with Crippen LogP contribution in [0.3, 0.4) is 0 Å². The zero-order valence-electron chi connectivity index (χ0n) is 11.6. The standard InChI is InChI=1S/C15H20N2O3/c1-2-3-12(9-16)14(18)17-7-6-10-8-11(15(19)20)4-5-13(10)17/h4-5,8,12H,2-3,6-7,9,16H2,1H3,(H,19,20). The van der Waals surface area contributed by atoms with Crippen LogP contribution in [0.15, 0.2) is 18.2 Å². The summed E-state index contributed by atoms with van der Waals surface area (Å²) in [6.45, 7) is 3.00. The van der Waals surface area contributed by atoms with Gasteiger partial charge in [0.1, 0.15) is 0 Å². The molecular weight excluding hydrogens is 256 g/mol. The minimum absolute atomic E-state index is 0.0520. The number of hydrogen-bond donors (Lipinski definition) is 2. The van der Waals surface area contributed by atoms with Gasteiger partial charge in [-0.1, -0.05) is 13.3 Å². The van der Waals surface area contributed by atoms with E-state index in [0.717, 1.165) is 24.1 Å². The van der Waals surface area contributed by atoms with E-state index in [-0.39, 0.29) is 17.4 Å². The van der Waals surface area contributed by atoms with E-state index in [1.165, 1.54) is 0 Å². The number of benzene rings is 1. The molecule has 1 unspecified atom stereocenters. The Morgan fingerprint density at radius 2 is 2.20 bits per heavy atom. The smallest absolute Gasteiger partial charge is 0.335 e. The fourth-order valence-electron chi connectivity index (χ4n) is 2.67. The summed E-state index contributed by atoms with van der Waals surface area (Å²) in [4.78, 5) is 25.2. The molecular formula is C15H20N2O3. The second-order valence-corrected chi connectivity index (χ2v) is 5.11. The third-order valence-electron chi connectivity index (χ3n) is 3.76. The number of fused-ring (bicyclic) bond motifs is 1. The highest BCUT2D eigenvalue weighted by atomic mass is 16.4. The van der Waals surface area contributed by atoms with Gasteiger partial charge < -0.3 is 15.7 Å². The number of hydrogen-bond acceptors (Lipinski definition) is 3. The number of carboxylic acids is 1. The lowest BCUT2D eigenvalue weighted by Gasteiger charge is -2.23. The van der Waals surface area contributed by atoms with Crippen LogP contribution >= 0.6 is 0 Å². The maximum absolute atomic E-state index is 12.5. The summed E-state index contributed by atoms with van der Waals surface area (Å²) in [5, 5.41) is 8.99. The maximum atomic E-state index is 12.5. The van der Waals surface area contributed by atoms with Gasteiger partial charge >= 0.3 is 5.97 Å². The second-order valence-electron chi connectivity index (χ2n) is 5.11. The van der Waals surface area contributed by atoms with Crippen molar-refractivity contribution in [3.63, 3.8) is 0 Å². The summed E-state index contributed by atoms with van der Waals surface area (Å²) in [7, 11) is 0. The lowest BCUT2D eigenvalue weighted by atomic mass is 10.0. The first-order valence-electron chi connectivity index (χ1n) is 6.96. The number of carbonyl (C=O) groups excluding carboxylic acids is 1. The van der Waals surface area contributed by atoms with E-state index in [4.69, 9.17) is 10.8 Å². The molecule has 0 spiro atoms. The maximum Gasteiger partial charge on any atom is 0.335 e. The zero-order chi connectivity index (χ0) is 14.7. The molecule has 1 aromatic carbocycles. The average Bonchev–Trinajstić information content (AvgIpc) is 2.86. The molecule has 3 N–H and O–H groups in total. The van der Waals surface area contributed by atoms with E-state index in [0.29, 0.717) is 19.5 Å². The van der Waals surface area contributed by atoms with Gasteiger partial charge in [0.15, 0.2) is 0 Å². The van der Waals surface area contributed by atoms with Crippen LogP contribution in [0, 0.1) is 5.92 Å². The van der Waals surface area contributed by atoms with Crippen LogP contribution in [0.4, 0.5) is 5.69 Å². The quantitative estimate of drug-likeness (QED) is 0.856. The second kappa shape index (κ2) is 6.05. The van der Waals surface area contributed by atoms with Gasteiger partial charge in [-0.2, -0.15) is 0 Å². The Bertz CT molecular complexity index is 528. The fraction of sp³-hybridized carbons (Fsp3) is 0.467. The summed E-state index contributed by atoms with van der Waals surface area (Å²) in [5.74, 6) is -1.04. The predicted molar refractivity (Wildman–Crippen MR) is 76.9 cm³/mol. The highest BCUT2D eigenvalue weighted by molar-refractivity contribution is 5.98. The van der Waals surface area contributed by atoms with Crippen molar-refractivity contribution in [3.8, 4) is 0 Å². The van der Waals surface area contributed by atoms with Gasteiger partial charge in [0, 0.05) is 18.8 Å². The molecule has 0 saturated heterocycles. The summed E-state index contributed by atoms with van der Waals surface area (Å²) in [5.41, 5.74) is 7.70. The topological polar surface area (TPSA) is 83.6 Å². The van der Waals surface area contributed by atoms with Crippen molar-refractivity contribution in [1.29, 1.82) is 0 Å². The third kappa shape index (κ3) is 2.67. The Morgan fingerprint density at radius 3 is 2.80 bits per heavy atom. The van der Waals surface area contributed by atoms with Gasteiger partial charge in [0.05, 0.1) is 11.5 Å². The molecule has 0 bridgehead atoms. The highest BCUT2D eigenvalue weighted by Gasteiger charge is 2.29. The van der Waals surface area contributed by atoms with Gasteiger partial charge in [0.2, 0.25) is 5.91 Å². The van der Waals surface area contributed by atoms with E-state index in [1.54, 1.807) is 23.1 Å². The summed E-state index contributed by atoms with van der Waals surface area (Å²) < 4.78 is 0. The molecule has 1 heterocycles. The summed E-state index contributed by atoms with van der Waals surface area (Å²) in [6.07, 6.45) is 2.41. The number of anilines is 1. The Balaban J connectivity index is 2.23. The molecule has 1 amide bonds. The van der Waals surface area contributed by atoms with E-state index >= 15 is 0 Å². The van der Waals surface area contributed by atoms with Gasteiger partial charge in [-0.3, -0.25) is 4.79 Å². The van der Waals surface area contributed by atoms with Crippen molar-refractivity contribution in [2.75, 3.05) is 18.0 Å².